The van der Waals surface area contributed by atoms with Gasteiger partial charge in [0.1, 0.15) is 13.2 Å². The van der Waals surface area contributed by atoms with Crippen LogP contribution in [0.15, 0.2) is 47.4 Å². The second-order valence-corrected chi connectivity index (χ2v) is 9.30. The van der Waals surface area contributed by atoms with E-state index in [9.17, 15) is 24.5 Å². The van der Waals surface area contributed by atoms with E-state index >= 15 is 0 Å². The summed E-state index contributed by atoms with van der Waals surface area (Å²) in [6.45, 7) is 1.04. The van der Waals surface area contributed by atoms with E-state index in [1.54, 1.807) is 4.90 Å². The standard InChI is InChI=1S/C25H25N3O7S/c1-34-20-12-18(19(28(32)33)14-21(20)35-16-17-8-4-2-5-9-17)13-22-24(30)27(25(31)36-22)15-23(29)26-10-6-3-7-11-26/h2,4-5,8-9,12-14H,3,6-7,10-11,15-16H2,1H3/b22-13-. The van der Waals surface area contributed by atoms with E-state index in [0.717, 1.165) is 29.7 Å². The maximum atomic E-state index is 12.9. The van der Waals surface area contributed by atoms with Crippen molar-refractivity contribution in [2.45, 2.75) is 25.9 Å². The number of imide groups is 1. The smallest absolute Gasteiger partial charge is 0.294 e. The number of nitro groups is 1. The zero-order chi connectivity index (χ0) is 25.7. The SMILES string of the molecule is COc1cc(/C=C2\SC(=O)N(CC(=O)N3CCCCC3)C2=O)c([N+](=O)[O-])cc1OCc1ccccc1. The predicted octanol–water partition coefficient (Wildman–Crippen LogP) is 4.23. The Kier molecular flexibility index (Phi) is 7.89. The molecule has 0 bridgehead atoms. The molecule has 3 amide bonds. The van der Waals surface area contributed by atoms with E-state index in [4.69, 9.17) is 9.47 Å². The van der Waals surface area contributed by atoms with Crippen LogP contribution >= 0.6 is 11.8 Å². The van der Waals surface area contributed by atoms with Crippen molar-refractivity contribution in [2.75, 3.05) is 26.7 Å². The van der Waals surface area contributed by atoms with E-state index in [2.05, 4.69) is 0 Å². The molecule has 4 rings (SSSR count). The number of amides is 3. The number of carbonyl (C=O) groups excluding carboxylic acids is 3. The first kappa shape index (κ1) is 25.2. The zero-order valence-corrected chi connectivity index (χ0v) is 20.5. The lowest BCUT2D eigenvalue weighted by Crippen LogP contribution is -2.44. The number of thioether (sulfide) groups is 1. The van der Waals surface area contributed by atoms with Crippen LogP contribution in [0.2, 0.25) is 0 Å². The van der Waals surface area contributed by atoms with E-state index < -0.39 is 16.1 Å². The Balaban J connectivity index is 1.56. The van der Waals surface area contributed by atoms with Crippen molar-refractivity contribution in [3.63, 3.8) is 0 Å². The van der Waals surface area contributed by atoms with Gasteiger partial charge >= 0.3 is 0 Å². The number of ether oxygens (including phenoxy) is 2. The molecule has 2 aromatic rings. The Morgan fingerprint density at radius 2 is 1.83 bits per heavy atom. The first-order valence-corrected chi connectivity index (χ1v) is 12.3. The highest BCUT2D eigenvalue weighted by atomic mass is 32.2. The molecule has 0 unspecified atom stereocenters. The fourth-order valence-electron chi connectivity index (χ4n) is 4.00. The van der Waals surface area contributed by atoms with Crippen LogP contribution in [0.4, 0.5) is 10.5 Å². The number of nitrogens with zero attached hydrogens (tertiary/aromatic N) is 3. The van der Waals surface area contributed by atoms with E-state index in [-0.39, 0.29) is 46.7 Å². The lowest BCUT2D eigenvalue weighted by atomic mass is 10.1. The predicted molar refractivity (Wildman–Crippen MR) is 134 cm³/mol. The van der Waals surface area contributed by atoms with E-state index in [0.29, 0.717) is 24.9 Å². The summed E-state index contributed by atoms with van der Waals surface area (Å²) < 4.78 is 11.1. The molecule has 0 radical (unpaired) electrons. The van der Waals surface area contributed by atoms with E-state index in [1.807, 2.05) is 30.3 Å². The first-order chi connectivity index (χ1) is 17.4. The molecule has 2 aliphatic rings. The van der Waals surface area contributed by atoms with Crippen molar-refractivity contribution < 1.29 is 28.8 Å². The maximum absolute atomic E-state index is 12.9. The summed E-state index contributed by atoms with van der Waals surface area (Å²) in [5.41, 5.74) is 0.644. The van der Waals surface area contributed by atoms with Crippen molar-refractivity contribution in [3.05, 3.63) is 68.6 Å². The number of piperidine rings is 1. The molecule has 2 fully saturated rings. The molecule has 2 aliphatic heterocycles. The van der Waals surface area contributed by atoms with Gasteiger partial charge in [-0.2, -0.15) is 0 Å². The normalized spacial score (nSPS) is 17.0. The van der Waals surface area contributed by atoms with Gasteiger partial charge in [0.2, 0.25) is 5.91 Å². The van der Waals surface area contributed by atoms with Crippen LogP contribution in [-0.4, -0.2) is 58.5 Å². The second-order valence-electron chi connectivity index (χ2n) is 8.30. The van der Waals surface area contributed by atoms with Crippen LogP contribution in [0.1, 0.15) is 30.4 Å². The summed E-state index contributed by atoms with van der Waals surface area (Å²) >= 11 is 0.644. The largest absolute Gasteiger partial charge is 0.493 e. The molecular weight excluding hydrogens is 486 g/mol. The van der Waals surface area contributed by atoms with Crippen molar-refractivity contribution in [1.82, 2.24) is 9.80 Å². The fraction of sp³-hybridized carbons (Fsp3) is 0.320. The van der Waals surface area contributed by atoms with Crippen LogP contribution < -0.4 is 9.47 Å². The monoisotopic (exact) mass is 511 g/mol. The topological polar surface area (TPSA) is 119 Å². The number of hydrogen-bond acceptors (Lipinski definition) is 8. The molecule has 2 aromatic carbocycles. The summed E-state index contributed by atoms with van der Waals surface area (Å²) in [4.78, 5) is 51.7. The highest BCUT2D eigenvalue weighted by Gasteiger charge is 2.38. The highest BCUT2D eigenvalue weighted by molar-refractivity contribution is 8.18. The summed E-state index contributed by atoms with van der Waals surface area (Å²) in [7, 11) is 1.40. The average Bonchev–Trinajstić information content (AvgIpc) is 3.15. The Bertz CT molecular complexity index is 1210. The Morgan fingerprint density at radius 1 is 1.11 bits per heavy atom. The van der Waals surface area contributed by atoms with Gasteiger partial charge in [-0.25, -0.2) is 0 Å². The van der Waals surface area contributed by atoms with E-state index in [1.165, 1.54) is 25.3 Å². The van der Waals surface area contributed by atoms with Gasteiger partial charge in [0, 0.05) is 13.1 Å². The van der Waals surface area contributed by atoms with Crippen LogP contribution in [0.25, 0.3) is 6.08 Å². The number of rotatable bonds is 8. The van der Waals surface area contributed by atoms with Gasteiger partial charge in [-0.05, 0) is 48.7 Å². The Hall–Kier alpha value is -3.86. The molecule has 0 aliphatic carbocycles. The average molecular weight is 512 g/mol. The molecule has 10 nitrogen and oxygen atoms in total. The molecule has 188 valence electrons. The van der Waals surface area contributed by atoms with Gasteiger partial charge in [-0.15, -0.1) is 0 Å². The van der Waals surface area contributed by atoms with Gasteiger partial charge < -0.3 is 14.4 Å². The number of benzene rings is 2. The Labute approximate surface area is 212 Å². The maximum Gasteiger partial charge on any atom is 0.294 e. The minimum Gasteiger partial charge on any atom is -0.493 e. The van der Waals surface area contributed by atoms with Gasteiger partial charge in [0.15, 0.2) is 11.5 Å². The minimum atomic E-state index is -0.659. The number of hydrogen-bond donors (Lipinski definition) is 0. The quantitative estimate of drug-likeness (QED) is 0.293. The van der Waals surface area contributed by atoms with Gasteiger partial charge in [-0.3, -0.25) is 29.4 Å². The third kappa shape index (κ3) is 5.68. The summed E-state index contributed by atoms with van der Waals surface area (Å²) in [6.07, 6.45) is 4.11. The molecule has 0 aromatic heterocycles. The van der Waals surface area contributed by atoms with Crippen molar-refractivity contribution in [1.29, 1.82) is 0 Å². The number of nitro benzene ring substituents is 1. The summed E-state index contributed by atoms with van der Waals surface area (Å²) in [5.74, 6) is -0.536. The molecule has 2 saturated heterocycles. The fourth-order valence-corrected chi connectivity index (χ4v) is 4.83. The zero-order valence-electron chi connectivity index (χ0n) is 19.7. The molecule has 0 saturated carbocycles. The lowest BCUT2D eigenvalue weighted by Gasteiger charge is -2.27. The van der Waals surface area contributed by atoms with Gasteiger partial charge in [0.25, 0.3) is 16.8 Å². The third-order valence-electron chi connectivity index (χ3n) is 5.91. The number of carbonyl (C=O) groups is 3. The second kappa shape index (κ2) is 11.3. The molecule has 11 heteroatoms. The van der Waals surface area contributed by atoms with Crippen LogP contribution in [-0.2, 0) is 16.2 Å². The molecule has 2 heterocycles. The highest BCUT2D eigenvalue weighted by Crippen LogP contribution is 2.39. The summed E-state index contributed by atoms with van der Waals surface area (Å²) in [5, 5.41) is 11.2. The molecule has 0 spiro atoms. The number of methoxy groups -OCH3 is 1. The van der Waals surface area contributed by atoms with Gasteiger partial charge in [-0.1, -0.05) is 30.3 Å². The van der Waals surface area contributed by atoms with Crippen LogP contribution in [0.3, 0.4) is 0 Å². The van der Waals surface area contributed by atoms with Crippen molar-refractivity contribution in [3.8, 4) is 11.5 Å². The first-order valence-electron chi connectivity index (χ1n) is 11.4. The minimum absolute atomic E-state index is 0.00505. The molecule has 36 heavy (non-hydrogen) atoms. The van der Waals surface area contributed by atoms with Crippen LogP contribution in [0.5, 0.6) is 11.5 Å². The molecule has 0 N–H and O–H groups in total. The molecular formula is C25H25N3O7S. The Morgan fingerprint density at radius 3 is 2.50 bits per heavy atom. The van der Waals surface area contributed by atoms with Gasteiger partial charge in [0.05, 0.1) is 28.6 Å². The van der Waals surface area contributed by atoms with Crippen molar-refractivity contribution in [2.24, 2.45) is 0 Å². The number of likely N-dealkylation sites (tertiary alicyclic amines) is 1. The molecule has 0 atom stereocenters. The van der Waals surface area contributed by atoms with Crippen LogP contribution in [0, 0.1) is 10.1 Å². The lowest BCUT2D eigenvalue weighted by molar-refractivity contribution is -0.385. The summed E-state index contributed by atoms with van der Waals surface area (Å²) in [6, 6.07) is 11.9. The third-order valence-corrected chi connectivity index (χ3v) is 6.82. The van der Waals surface area contributed by atoms with Crippen molar-refractivity contribution >= 4 is 40.6 Å².